The summed E-state index contributed by atoms with van der Waals surface area (Å²) in [6, 6.07) is 7.96. The smallest absolute Gasteiger partial charge is 0.245 e. The number of nitriles is 1. The Labute approximate surface area is 141 Å². The summed E-state index contributed by atoms with van der Waals surface area (Å²) in [5.74, 6) is 1.94. The fourth-order valence-corrected chi connectivity index (χ4v) is 2.97. The Balaban J connectivity index is 1.73. The van der Waals surface area contributed by atoms with Gasteiger partial charge in [0.2, 0.25) is 5.89 Å². The molecule has 1 atom stereocenters. The zero-order valence-electron chi connectivity index (χ0n) is 14.2. The number of ether oxygens (including phenoxy) is 1. The van der Waals surface area contributed by atoms with Crippen molar-refractivity contribution in [1.29, 1.82) is 5.26 Å². The van der Waals surface area contributed by atoms with Crippen molar-refractivity contribution in [3.63, 3.8) is 0 Å². The number of piperazine rings is 1. The standard InChI is InChI=1S/C17H21N5O2/c1-12-19-17(24-20-12)15-11-22(7-6-21(15)2)10-13-4-5-14(9-18)16(8-13)23-3/h4-5,8,15H,6-7,10-11H2,1-3H3/t15-/m0/s1. The van der Waals surface area contributed by atoms with Crippen molar-refractivity contribution in [3.05, 3.63) is 41.0 Å². The fraction of sp³-hybridized carbons (Fsp3) is 0.471. The molecule has 0 N–H and O–H groups in total. The fourth-order valence-electron chi connectivity index (χ4n) is 2.97. The summed E-state index contributed by atoms with van der Waals surface area (Å²) in [5, 5.41) is 13.0. The highest BCUT2D eigenvalue weighted by Gasteiger charge is 2.29. The van der Waals surface area contributed by atoms with E-state index in [9.17, 15) is 0 Å². The average molecular weight is 327 g/mol. The minimum atomic E-state index is 0.0974. The second kappa shape index (κ2) is 6.99. The van der Waals surface area contributed by atoms with Crippen LogP contribution < -0.4 is 4.74 Å². The topological polar surface area (TPSA) is 78.4 Å². The zero-order chi connectivity index (χ0) is 17.1. The van der Waals surface area contributed by atoms with Crippen LogP contribution in [0.3, 0.4) is 0 Å². The second-order valence-corrected chi connectivity index (χ2v) is 6.06. The first-order valence-electron chi connectivity index (χ1n) is 7.90. The van der Waals surface area contributed by atoms with Gasteiger partial charge >= 0.3 is 0 Å². The summed E-state index contributed by atoms with van der Waals surface area (Å²) >= 11 is 0. The van der Waals surface area contributed by atoms with Gasteiger partial charge in [0.05, 0.1) is 12.7 Å². The lowest BCUT2D eigenvalue weighted by atomic mass is 10.1. The molecule has 0 amide bonds. The molecule has 1 aromatic heterocycles. The molecular weight excluding hydrogens is 306 g/mol. The Hall–Kier alpha value is -2.43. The molecule has 1 aliphatic rings. The normalized spacial score (nSPS) is 19.2. The monoisotopic (exact) mass is 327 g/mol. The van der Waals surface area contributed by atoms with Gasteiger partial charge in [0, 0.05) is 26.2 Å². The van der Waals surface area contributed by atoms with Crippen molar-refractivity contribution in [1.82, 2.24) is 19.9 Å². The summed E-state index contributed by atoms with van der Waals surface area (Å²) in [5.41, 5.74) is 1.68. The number of aromatic nitrogens is 2. The lowest BCUT2D eigenvalue weighted by Crippen LogP contribution is -2.46. The molecule has 126 valence electrons. The molecule has 2 aromatic rings. The molecule has 0 spiro atoms. The Morgan fingerprint density at radius 2 is 2.25 bits per heavy atom. The van der Waals surface area contributed by atoms with E-state index in [2.05, 4.69) is 33.1 Å². The lowest BCUT2D eigenvalue weighted by molar-refractivity contribution is 0.0714. The van der Waals surface area contributed by atoms with Gasteiger partial charge in [0.1, 0.15) is 17.9 Å². The maximum Gasteiger partial charge on any atom is 0.245 e. The van der Waals surface area contributed by atoms with Crippen LogP contribution >= 0.6 is 0 Å². The molecule has 1 saturated heterocycles. The number of likely N-dealkylation sites (N-methyl/N-ethyl adjacent to an activating group) is 1. The third-order valence-electron chi connectivity index (χ3n) is 4.35. The Kier molecular flexibility index (Phi) is 4.79. The van der Waals surface area contributed by atoms with E-state index in [1.807, 2.05) is 25.1 Å². The van der Waals surface area contributed by atoms with E-state index in [1.165, 1.54) is 0 Å². The van der Waals surface area contributed by atoms with Gasteiger partial charge in [-0.3, -0.25) is 9.80 Å². The molecule has 0 aliphatic carbocycles. The van der Waals surface area contributed by atoms with Crippen LogP contribution in [0.4, 0.5) is 0 Å². The number of hydrogen-bond donors (Lipinski definition) is 0. The van der Waals surface area contributed by atoms with Crippen molar-refractivity contribution in [2.45, 2.75) is 19.5 Å². The van der Waals surface area contributed by atoms with Crippen LogP contribution in [0.5, 0.6) is 5.75 Å². The van der Waals surface area contributed by atoms with Gasteiger partial charge in [-0.05, 0) is 31.7 Å². The Bertz CT molecular complexity index is 752. The lowest BCUT2D eigenvalue weighted by Gasteiger charge is -2.37. The summed E-state index contributed by atoms with van der Waals surface area (Å²) in [4.78, 5) is 8.97. The van der Waals surface area contributed by atoms with Gasteiger partial charge in [-0.2, -0.15) is 10.2 Å². The van der Waals surface area contributed by atoms with Crippen molar-refractivity contribution in [3.8, 4) is 11.8 Å². The van der Waals surface area contributed by atoms with E-state index >= 15 is 0 Å². The van der Waals surface area contributed by atoms with Gasteiger partial charge in [0.15, 0.2) is 5.82 Å². The highest BCUT2D eigenvalue weighted by atomic mass is 16.5. The maximum atomic E-state index is 9.08. The molecule has 7 nitrogen and oxygen atoms in total. The minimum absolute atomic E-state index is 0.0974. The number of aryl methyl sites for hydroxylation is 1. The number of methoxy groups -OCH3 is 1. The van der Waals surface area contributed by atoms with Crippen LogP contribution in [0.15, 0.2) is 22.7 Å². The molecule has 1 aromatic carbocycles. The Morgan fingerprint density at radius 1 is 1.42 bits per heavy atom. The van der Waals surface area contributed by atoms with Crippen molar-refractivity contribution in [2.75, 3.05) is 33.8 Å². The van der Waals surface area contributed by atoms with Crippen molar-refractivity contribution < 1.29 is 9.26 Å². The van der Waals surface area contributed by atoms with Crippen LogP contribution in [-0.4, -0.2) is 53.7 Å². The largest absolute Gasteiger partial charge is 0.495 e. The first kappa shape index (κ1) is 16.4. The number of nitrogens with zero attached hydrogens (tertiary/aromatic N) is 5. The second-order valence-electron chi connectivity index (χ2n) is 6.06. The van der Waals surface area contributed by atoms with E-state index in [0.29, 0.717) is 23.0 Å². The molecule has 1 aliphatic heterocycles. The predicted octanol–water partition coefficient (Wildman–Crippen LogP) is 1.75. The molecule has 0 saturated carbocycles. The molecule has 7 heteroatoms. The van der Waals surface area contributed by atoms with Gasteiger partial charge in [0.25, 0.3) is 0 Å². The average Bonchev–Trinajstić information content (AvgIpc) is 3.02. The Morgan fingerprint density at radius 3 is 2.92 bits per heavy atom. The third kappa shape index (κ3) is 3.40. The van der Waals surface area contributed by atoms with E-state index in [4.69, 9.17) is 14.5 Å². The summed E-state index contributed by atoms with van der Waals surface area (Å²) in [6.45, 7) is 5.33. The van der Waals surface area contributed by atoms with Gasteiger partial charge in [-0.25, -0.2) is 0 Å². The number of benzene rings is 1. The third-order valence-corrected chi connectivity index (χ3v) is 4.35. The zero-order valence-corrected chi connectivity index (χ0v) is 14.2. The van der Waals surface area contributed by atoms with E-state index in [0.717, 1.165) is 31.7 Å². The maximum absolute atomic E-state index is 9.08. The van der Waals surface area contributed by atoms with Gasteiger partial charge < -0.3 is 9.26 Å². The SMILES string of the molecule is COc1cc(CN2CCN(C)[C@H](c3nc(C)no3)C2)ccc1C#N. The van der Waals surface area contributed by atoms with Crippen LogP contribution in [0.2, 0.25) is 0 Å². The summed E-state index contributed by atoms with van der Waals surface area (Å²) in [7, 11) is 3.66. The molecule has 0 unspecified atom stereocenters. The van der Waals surface area contributed by atoms with Gasteiger partial charge in [-0.15, -0.1) is 0 Å². The highest BCUT2D eigenvalue weighted by molar-refractivity contribution is 5.45. The first-order valence-corrected chi connectivity index (χ1v) is 7.90. The molecule has 0 bridgehead atoms. The molecule has 0 radical (unpaired) electrons. The van der Waals surface area contributed by atoms with Crippen molar-refractivity contribution in [2.24, 2.45) is 0 Å². The molecule has 3 rings (SSSR count). The number of hydrogen-bond acceptors (Lipinski definition) is 7. The molecule has 2 heterocycles. The summed E-state index contributed by atoms with van der Waals surface area (Å²) < 4.78 is 10.6. The van der Waals surface area contributed by atoms with E-state index in [-0.39, 0.29) is 6.04 Å². The van der Waals surface area contributed by atoms with Crippen molar-refractivity contribution >= 4 is 0 Å². The quantitative estimate of drug-likeness (QED) is 0.846. The molecule has 1 fully saturated rings. The first-order chi connectivity index (χ1) is 11.6. The van der Waals surface area contributed by atoms with Gasteiger partial charge in [-0.1, -0.05) is 11.2 Å². The molecular formula is C17H21N5O2. The number of rotatable bonds is 4. The molecule has 24 heavy (non-hydrogen) atoms. The van der Waals surface area contributed by atoms with E-state index in [1.54, 1.807) is 7.11 Å². The van der Waals surface area contributed by atoms with Crippen LogP contribution in [0.25, 0.3) is 0 Å². The van der Waals surface area contributed by atoms with Crippen LogP contribution in [0.1, 0.15) is 28.9 Å². The summed E-state index contributed by atoms with van der Waals surface area (Å²) in [6.07, 6.45) is 0. The van der Waals surface area contributed by atoms with E-state index < -0.39 is 0 Å². The minimum Gasteiger partial charge on any atom is -0.495 e. The van der Waals surface area contributed by atoms with Crippen LogP contribution in [0, 0.1) is 18.3 Å². The van der Waals surface area contributed by atoms with Crippen LogP contribution in [-0.2, 0) is 6.54 Å². The highest BCUT2D eigenvalue weighted by Crippen LogP contribution is 2.25. The predicted molar refractivity (Wildman–Crippen MR) is 87.4 cm³/mol.